The number of benzene rings is 1. The maximum atomic E-state index is 11.2. The molecule has 1 aromatic carbocycles. The van der Waals surface area contributed by atoms with Crippen LogP contribution in [0.15, 0.2) is 30.3 Å². The maximum absolute atomic E-state index is 11.2. The summed E-state index contributed by atoms with van der Waals surface area (Å²) < 4.78 is 5.93. The Bertz CT molecular complexity index is 664. The van der Waals surface area contributed by atoms with Gasteiger partial charge in [0, 0.05) is 24.5 Å². The highest BCUT2D eigenvalue weighted by atomic mass is 16.5. The van der Waals surface area contributed by atoms with Crippen LogP contribution in [0.1, 0.15) is 23.2 Å². The second-order valence-electron chi connectivity index (χ2n) is 5.45. The van der Waals surface area contributed by atoms with Crippen LogP contribution in [0.5, 0.6) is 5.88 Å². The van der Waals surface area contributed by atoms with Crippen molar-refractivity contribution in [3.8, 4) is 5.88 Å². The fourth-order valence-corrected chi connectivity index (χ4v) is 2.66. The van der Waals surface area contributed by atoms with E-state index in [0.29, 0.717) is 16.8 Å². The van der Waals surface area contributed by atoms with Crippen LogP contribution in [0, 0.1) is 0 Å². The lowest BCUT2D eigenvalue weighted by atomic mass is 10.1. The van der Waals surface area contributed by atoms with Gasteiger partial charge in [-0.15, -0.1) is 0 Å². The van der Waals surface area contributed by atoms with Crippen LogP contribution in [0.2, 0.25) is 0 Å². The van der Waals surface area contributed by atoms with Crippen molar-refractivity contribution in [3.05, 3.63) is 35.9 Å². The molecule has 0 bridgehead atoms. The topological polar surface area (TPSA) is 62.7 Å². The molecule has 0 saturated carbocycles. The molecule has 110 valence electrons. The predicted octanol–water partition coefficient (Wildman–Crippen LogP) is 2.41. The Morgan fingerprint density at radius 1 is 1.29 bits per heavy atom. The minimum atomic E-state index is -0.939. The Hall–Kier alpha value is -2.14. The van der Waals surface area contributed by atoms with Gasteiger partial charge < -0.3 is 14.7 Å². The Balaban J connectivity index is 1.83. The Morgan fingerprint density at radius 2 is 2.05 bits per heavy atom. The average Bonchev–Trinajstić information content (AvgIpc) is 2.48. The first kappa shape index (κ1) is 13.8. The van der Waals surface area contributed by atoms with Crippen molar-refractivity contribution in [2.75, 3.05) is 20.1 Å². The number of piperidine rings is 1. The molecule has 0 unspecified atom stereocenters. The summed E-state index contributed by atoms with van der Waals surface area (Å²) in [6, 6.07) is 8.63. The number of aromatic carboxylic acids is 1. The van der Waals surface area contributed by atoms with Crippen LogP contribution in [0.25, 0.3) is 10.9 Å². The molecule has 5 heteroatoms. The van der Waals surface area contributed by atoms with Crippen LogP contribution in [0.4, 0.5) is 0 Å². The number of hydrogen-bond acceptors (Lipinski definition) is 4. The highest BCUT2D eigenvalue weighted by Crippen LogP contribution is 2.22. The van der Waals surface area contributed by atoms with Crippen molar-refractivity contribution in [2.45, 2.75) is 18.9 Å². The van der Waals surface area contributed by atoms with E-state index in [0.717, 1.165) is 25.9 Å². The van der Waals surface area contributed by atoms with Crippen LogP contribution in [0.3, 0.4) is 0 Å². The molecule has 0 amide bonds. The molecule has 1 aromatic heterocycles. The number of carbonyl (C=O) groups is 1. The van der Waals surface area contributed by atoms with Crippen molar-refractivity contribution in [1.82, 2.24) is 9.88 Å². The molecular weight excluding hydrogens is 268 g/mol. The van der Waals surface area contributed by atoms with Gasteiger partial charge in [0.25, 0.3) is 0 Å². The fraction of sp³-hybridized carbons (Fsp3) is 0.375. The van der Waals surface area contributed by atoms with E-state index < -0.39 is 5.97 Å². The number of pyridine rings is 1. The molecule has 2 aromatic rings. The van der Waals surface area contributed by atoms with Gasteiger partial charge in [0.2, 0.25) is 5.88 Å². The van der Waals surface area contributed by atoms with Gasteiger partial charge in [-0.1, -0.05) is 6.07 Å². The zero-order valence-corrected chi connectivity index (χ0v) is 12.0. The van der Waals surface area contributed by atoms with Gasteiger partial charge in [0.05, 0.1) is 11.1 Å². The molecule has 1 aliphatic heterocycles. The van der Waals surface area contributed by atoms with Crippen molar-refractivity contribution in [2.24, 2.45) is 0 Å². The second-order valence-corrected chi connectivity index (χ2v) is 5.45. The van der Waals surface area contributed by atoms with E-state index in [-0.39, 0.29) is 11.7 Å². The van der Waals surface area contributed by atoms with Crippen molar-refractivity contribution in [1.29, 1.82) is 0 Å². The fourth-order valence-electron chi connectivity index (χ4n) is 2.66. The molecule has 1 N–H and O–H groups in total. The summed E-state index contributed by atoms with van der Waals surface area (Å²) >= 11 is 0. The highest BCUT2D eigenvalue weighted by Gasteiger charge is 2.18. The predicted molar refractivity (Wildman–Crippen MR) is 79.8 cm³/mol. The molecule has 0 aliphatic carbocycles. The molecule has 5 nitrogen and oxygen atoms in total. The molecule has 1 aliphatic rings. The third-order valence-corrected chi connectivity index (χ3v) is 3.89. The minimum Gasteiger partial charge on any atom is -0.478 e. The standard InChI is InChI=1S/C16H18N2O3/c1-18-9-7-11(8-10-18)21-15-6-5-12-13(16(19)20)3-2-4-14(12)17-15/h2-6,11H,7-10H2,1H3,(H,19,20). The number of likely N-dealkylation sites (tertiary alicyclic amines) is 1. The molecule has 3 rings (SSSR count). The Kier molecular flexibility index (Phi) is 3.75. The Morgan fingerprint density at radius 3 is 2.76 bits per heavy atom. The van der Waals surface area contributed by atoms with E-state index in [1.807, 2.05) is 6.07 Å². The first-order valence-electron chi connectivity index (χ1n) is 7.12. The van der Waals surface area contributed by atoms with E-state index in [4.69, 9.17) is 4.74 Å². The monoisotopic (exact) mass is 286 g/mol. The summed E-state index contributed by atoms with van der Waals surface area (Å²) in [5.74, 6) is -0.369. The first-order chi connectivity index (χ1) is 10.1. The zero-order valence-electron chi connectivity index (χ0n) is 12.0. The lowest BCUT2D eigenvalue weighted by molar-refractivity contribution is 0.0699. The largest absolute Gasteiger partial charge is 0.478 e. The second kappa shape index (κ2) is 5.69. The van der Waals surface area contributed by atoms with Gasteiger partial charge in [0.1, 0.15) is 6.10 Å². The number of carboxylic acids is 1. The number of hydrogen-bond donors (Lipinski definition) is 1. The third kappa shape index (κ3) is 2.97. The first-order valence-corrected chi connectivity index (χ1v) is 7.12. The molecule has 21 heavy (non-hydrogen) atoms. The molecule has 0 atom stereocenters. The lowest BCUT2D eigenvalue weighted by Gasteiger charge is -2.28. The van der Waals surface area contributed by atoms with Crippen LogP contribution in [-0.4, -0.2) is 47.2 Å². The third-order valence-electron chi connectivity index (χ3n) is 3.89. The molecule has 0 radical (unpaired) electrons. The van der Waals surface area contributed by atoms with Crippen LogP contribution < -0.4 is 4.74 Å². The number of aromatic nitrogens is 1. The van der Waals surface area contributed by atoms with Gasteiger partial charge in [-0.05, 0) is 38.1 Å². The summed E-state index contributed by atoms with van der Waals surface area (Å²) in [6.45, 7) is 2.06. The maximum Gasteiger partial charge on any atom is 0.336 e. The van der Waals surface area contributed by atoms with Crippen LogP contribution in [-0.2, 0) is 0 Å². The molecular formula is C16H18N2O3. The summed E-state index contributed by atoms with van der Waals surface area (Å²) in [6.07, 6.45) is 2.17. The smallest absolute Gasteiger partial charge is 0.336 e. The molecule has 2 heterocycles. The SMILES string of the molecule is CN1CCC(Oc2ccc3c(C(=O)O)cccc3n2)CC1. The van der Waals surface area contributed by atoms with E-state index in [9.17, 15) is 9.90 Å². The molecule has 1 saturated heterocycles. The van der Waals surface area contributed by atoms with Gasteiger partial charge in [-0.3, -0.25) is 0 Å². The quantitative estimate of drug-likeness (QED) is 0.938. The number of ether oxygens (including phenoxy) is 1. The van der Waals surface area contributed by atoms with E-state index in [1.165, 1.54) is 0 Å². The van der Waals surface area contributed by atoms with E-state index in [2.05, 4.69) is 16.9 Å². The van der Waals surface area contributed by atoms with Gasteiger partial charge >= 0.3 is 5.97 Å². The number of nitrogens with zero attached hydrogens (tertiary/aromatic N) is 2. The summed E-state index contributed by atoms with van der Waals surface area (Å²) in [7, 11) is 2.11. The van der Waals surface area contributed by atoms with Crippen molar-refractivity contribution >= 4 is 16.9 Å². The Labute approximate surface area is 123 Å². The summed E-state index contributed by atoms with van der Waals surface area (Å²) in [5, 5.41) is 9.81. The molecule has 0 spiro atoms. The summed E-state index contributed by atoms with van der Waals surface area (Å²) in [4.78, 5) is 17.9. The minimum absolute atomic E-state index is 0.189. The average molecular weight is 286 g/mol. The lowest BCUT2D eigenvalue weighted by Crippen LogP contribution is -2.35. The van der Waals surface area contributed by atoms with Crippen molar-refractivity contribution in [3.63, 3.8) is 0 Å². The number of fused-ring (bicyclic) bond motifs is 1. The zero-order chi connectivity index (χ0) is 14.8. The van der Waals surface area contributed by atoms with Gasteiger partial charge in [-0.2, -0.15) is 0 Å². The van der Waals surface area contributed by atoms with E-state index >= 15 is 0 Å². The highest BCUT2D eigenvalue weighted by molar-refractivity contribution is 6.02. The van der Waals surface area contributed by atoms with Gasteiger partial charge in [0.15, 0.2) is 0 Å². The van der Waals surface area contributed by atoms with E-state index in [1.54, 1.807) is 24.3 Å². The van der Waals surface area contributed by atoms with Gasteiger partial charge in [-0.25, -0.2) is 9.78 Å². The van der Waals surface area contributed by atoms with Crippen molar-refractivity contribution < 1.29 is 14.6 Å². The summed E-state index contributed by atoms with van der Waals surface area (Å²) in [5.41, 5.74) is 0.922. The number of rotatable bonds is 3. The normalized spacial score (nSPS) is 17.0. The number of carboxylic acid groups (broad SMARTS) is 1. The molecule has 1 fully saturated rings. The van der Waals surface area contributed by atoms with Crippen LogP contribution >= 0.6 is 0 Å².